The molecule has 0 saturated heterocycles. The molecule has 21 heavy (non-hydrogen) atoms. The van der Waals surface area contributed by atoms with Crippen LogP contribution in [0.25, 0.3) is 0 Å². The number of rotatable bonds is 6. The third kappa shape index (κ3) is 5.16. The zero-order chi connectivity index (χ0) is 15.1. The van der Waals surface area contributed by atoms with Gasteiger partial charge in [-0.15, -0.1) is 0 Å². The number of carbonyl (C=O) groups is 1. The van der Waals surface area contributed by atoms with E-state index in [0.29, 0.717) is 12.3 Å². The first-order valence-electron chi connectivity index (χ1n) is 8.26. The van der Waals surface area contributed by atoms with E-state index >= 15 is 0 Å². The highest BCUT2D eigenvalue weighted by molar-refractivity contribution is 5.81. The normalized spacial score (nSPS) is 23.5. The Morgan fingerprint density at radius 3 is 2.43 bits per heavy atom. The zero-order valence-corrected chi connectivity index (χ0v) is 13.1. The van der Waals surface area contributed by atoms with Crippen LogP contribution in [-0.4, -0.2) is 18.5 Å². The Kier molecular flexibility index (Phi) is 6.24. The standard InChI is InChI=1S/C18H28N2O/c1-2-14-8-10-16(11-9-14)13-20-18(21)17(19)12-15-6-4-3-5-7-15/h3-7,14,16-17H,2,8-13,19H2,1H3,(H,20,21)/t14?,16?,17-/m1/s1. The van der Waals surface area contributed by atoms with Crippen molar-refractivity contribution in [2.45, 2.75) is 51.5 Å². The molecule has 3 N–H and O–H groups in total. The molecular weight excluding hydrogens is 260 g/mol. The Morgan fingerprint density at radius 1 is 1.19 bits per heavy atom. The molecule has 0 aliphatic heterocycles. The van der Waals surface area contributed by atoms with Crippen LogP contribution in [0, 0.1) is 11.8 Å². The molecule has 0 heterocycles. The monoisotopic (exact) mass is 288 g/mol. The Bertz CT molecular complexity index is 424. The van der Waals surface area contributed by atoms with Crippen molar-refractivity contribution in [3.8, 4) is 0 Å². The number of hydrogen-bond acceptors (Lipinski definition) is 2. The molecule has 1 saturated carbocycles. The van der Waals surface area contributed by atoms with E-state index in [1.54, 1.807) is 0 Å². The SMILES string of the molecule is CCC1CCC(CNC(=O)[C@H](N)Cc2ccccc2)CC1. The lowest BCUT2D eigenvalue weighted by molar-refractivity contribution is -0.122. The molecular formula is C18H28N2O. The van der Waals surface area contributed by atoms with Crippen molar-refractivity contribution in [1.82, 2.24) is 5.32 Å². The summed E-state index contributed by atoms with van der Waals surface area (Å²) in [4.78, 5) is 12.1. The summed E-state index contributed by atoms with van der Waals surface area (Å²) in [6, 6.07) is 9.51. The van der Waals surface area contributed by atoms with Gasteiger partial charge in [-0.1, -0.05) is 56.5 Å². The van der Waals surface area contributed by atoms with Crippen LogP contribution in [0.5, 0.6) is 0 Å². The predicted octanol–water partition coefficient (Wildman–Crippen LogP) is 2.89. The minimum absolute atomic E-state index is 0.0172. The van der Waals surface area contributed by atoms with Crippen LogP contribution < -0.4 is 11.1 Å². The van der Waals surface area contributed by atoms with Gasteiger partial charge < -0.3 is 11.1 Å². The van der Waals surface area contributed by atoms with E-state index in [-0.39, 0.29) is 5.91 Å². The van der Waals surface area contributed by atoms with Gasteiger partial charge >= 0.3 is 0 Å². The quantitative estimate of drug-likeness (QED) is 0.845. The molecule has 3 heteroatoms. The Labute approximate surface area is 128 Å². The van der Waals surface area contributed by atoms with Crippen LogP contribution in [-0.2, 0) is 11.2 Å². The fourth-order valence-electron chi connectivity index (χ4n) is 3.18. The Hall–Kier alpha value is -1.35. The summed E-state index contributed by atoms with van der Waals surface area (Å²) >= 11 is 0. The molecule has 1 aromatic carbocycles. The highest BCUT2D eigenvalue weighted by Gasteiger charge is 2.21. The third-order valence-corrected chi connectivity index (χ3v) is 4.74. The third-order valence-electron chi connectivity index (χ3n) is 4.74. The average molecular weight is 288 g/mol. The van der Waals surface area contributed by atoms with Crippen molar-refractivity contribution in [3.05, 3.63) is 35.9 Å². The molecule has 0 radical (unpaired) electrons. The first-order valence-corrected chi connectivity index (χ1v) is 8.26. The van der Waals surface area contributed by atoms with Crippen molar-refractivity contribution < 1.29 is 4.79 Å². The van der Waals surface area contributed by atoms with Gasteiger partial charge in [-0.3, -0.25) is 4.79 Å². The van der Waals surface area contributed by atoms with Crippen LogP contribution in [0.15, 0.2) is 30.3 Å². The number of hydrogen-bond donors (Lipinski definition) is 2. The number of amides is 1. The largest absolute Gasteiger partial charge is 0.354 e. The van der Waals surface area contributed by atoms with Gasteiger partial charge in [-0.2, -0.15) is 0 Å². The molecule has 116 valence electrons. The summed E-state index contributed by atoms with van der Waals surface area (Å²) in [5.41, 5.74) is 7.11. The molecule has 3 nitrogen and oxygen atoms in total. The second kappa shape index (κ2) is 8.18. The molecule has 0 unspecified atom stereocenters. The minimum atomic E-state index is -0.445. The molecule has 2 rings (SSSR count). The van der Waals surface area contributed by atoms with Crippen LogP contribution in [0.4, 0.5) is 0 Å². The van der Waals surface area contributed by atoms with E-state index < -0.39 is 6.04 Å². The van der Waals surface area contributed by atoms with E-state index in [0.717, 1.165) is 18.0 Å². The lowest BCUT2D eigenvalue weighted by Crippen LogP contribution is -2.44. The maximum absolute atomic E-state index is 12.1. The zero-order valence-electron chi connectivity index (χ0n) is 13.1. The van der Waals surface area contributed by atoms with E-state index in [2.05, 4.69) is 12.2 Å². The van der Waals surface area contributed by atoms with Gasteiger partial charge in [0, 0.05) is 6.54 Å². The van der Waals surface area contributed by atoms with E-state index in [4.69, 9.17) is 5.73 Å². The number of nitrogens with one attached hydrogen (secondary N) is 1. The fourth-order valence-corrected chi connectivity index (χ4v) is 3.18. The van der Waals surface area contributed by atoms with Crippen LogP contribution in [0.2, 0.25) is 0 Å². The number of carbonyl (C=O) groups excluding carboxylic acids is 1. The van der Waals surface area contributed by atoms with E-state index in [1.807, 2.05) is 30.3 Å². The lowest BCUT2D eigenvalue weighted by Gasteiger charge is -2.28. The van der Waals surface area contributed by atoms with Crippen molar-refractivity contribution >= 4 is 5.91 Å². The van der Waals surface area contributed by atoms with Crippen LogP contribution in [0.3, 0.4) is 0 Å². The molecule has 1 atom stereocenters. The van der Waals surface area contributed by atoms with Gasteiger partial charge in [0.25, 0.3) is 0 Å². The molecule has 1 aliphatic rings. The number of nitrogens with two attached hydrogens (primary N) is 1. The van der Waals surface area contributed by atoms with Crippen LogP contribution in [0.1, 0.15) is 44.6 Å². The summed E-state index contributed by atoms with van der Waals surface area (Å²) in [7, 11) is 0. The summed E-state index contributed by atoms with van der Waals surface area (Å²) in [6.07, 6.45) is 7.01. The van der Waals surface area contributed by atoms with Crippen molar-refractivity contribution in [1.29, 1.82) is 0 Å². The molecule has 0 spiro atoms. The van der Waals surface area contributed by atoms with Gasteiger partial charge in [-0.25, -0.2) is 0 Å². The second-order valence-corrected chi connectivity index (χ2v) is 6.34. The highest BCUT2D eigenvalue weighted by atomic mass is 16.2. The van der Waals surface area contributed by atoms with Gasteiger partial charge in [0.05, 0.1) is 6.04 Å². The molecule has 1 fully saturated rings. The van der Waals surface area contributed by atoms with Crippen molar-refractivity contribution in [3.63, 3.8) is 0 Å². The highest BCUT2D eigenvalue weighted by Crippen LogP contribution is 2.30. The summed E-state index contributed by atoms with van der Waals surface area (Å²) in [5, 5.41) is 3.04. The Morgan fingerprint density at radius 2 is 1.81 bits per heavy atom. The van der Waals surface area contributed by atoms with E-state index in [1.165, 1.54) is 32.1 Å². The molecule has 1 amide bonds. The second-order valence-electron chi connectivity index (χ2n) is 6.34. The lowest BCUT2D eigenvalue weighted by atomic mass is 9.81. The molecule has 1 aromatic rings. The number of benzene rings is 1. The predicted molar refractivity (Wildman–Crippen MR) is 86.9 cm³/mol. The fraction of sp³-hybridized carbons (Fsp3) is 0.611. The molecule has 0 aromatic heterocycles. The molecule has 0 bridgehead atoms. The summed E-state index contributed by atoms with van der Waals surface area (Å²) in [5.74, 6) is 1.52. The Balaban J connectivity index is 1.69. The van der Waals surface area contributed by atoms with Gasteiger partial charge in [0.15, 0.2) is 0 Å². The van der Waals surface area contributed by atoms with Crippen molar-refractivity contribution in [2.75, 3.05) is 6.54 Å². The first-order chi connectivity index (χ1) is 10.2. The maximum atomic E-state index is 12.1. The summed E-state index contributed by atoms with van der Waals surface area (Å²) < 4.78 is 0. The molecule has 1 aliphatic carbocycles. The van der Waals surface area contributed by atoms with Gasteiger partial charge in [-0.05, 0) is 36.7 Å². The van der Waals surface area contributed by atoms with Gasteiger partial charge in [0.2, 0.25) is 5.91 Å². The minimum Gasteiger partial charge on any atom is -0.354 e. The van der Waals surface area contributed by atoms with E-state index in [9.17, 15) is 4.79 Å². The van der Waals surface area contributed by atoms with Gasteiger partial charge in [0.1, 0.15) is 0 Å². The average Bonchev–Trinajstić information content (AvgIpc) is 2.54. The topological polar surface area (TPSA) is 55.1 Å². The summed E-state index contributed by atoms with van der Waals surface area (Å²) in [6.45, 7) is 3.06. The maximum Gasteiger partial charge on any atom is 0.237 e. The van der Waals surface area contributed by atoms with Crippen LogP contribution >= 0.6 is 0 Å². The van der Waals surface area contributed by atoms with Crippen molar-refractivity contribution in [2.24, 2.45) is 17.6 Å². The smallest absolute Gasteiger partial charge is 0.237 e. The first kappa shape index (κ1) is 16.0.